The summed E-state index contributed by atoms with van der Waals surface area (Å²) in [6.45, 7) is 7.71. The van der Waals surface area contributed by atoms with Crippen LogP contribution in [0.15, 0.2) is 23.0 Å². The van der Waals surface area contributed by atoms with Crippen LogP contribution in [0, 0.1) is 12.8 Å². The highest BCUT2D eigenvalue weighted by Gasteiger charge is 2.26. The molecule has 3 N–H and O–H groups in total. The number of halogens is 1. The van der Waals surface area contributed by atoms with E-state index in [1.165, 1.54) is 6.92 Å². The molecule has 2 aromatic heterocycles. The van der Waals surface area contributed by atoms with Crippen LogP contribution in [-0.4, -0.2) is 37.7 Å². The highest BCUT2D eigenvalue weighted by atomic mass is 35.5. The molecule has 0 spiro atoms. The van der Waals surface area contributed by atoms with Crippen LogP contribution in [0.1, 0.15) is 36.8 Å². The van der Waals surface area contributed by atoms with Crippen molar-refractivity contribution in [2.75, 3.05) is 5.32 Å². The summed E-state index contributed by atoms with van der Waals surface area (Å²) in [5.74, 6) is -0.929. The van der Waals surface area contributed by atoms with Crippen molar-refractivity contribution in [3.8, 4) is 0 Å². The number of amides is 1. The van der Waals surface area contributed by atoms with E-state index in [1.807, 2.05) is 13.8 Å². The summed E-state index contributed by atoms with van der Waals surface area (Å²) in [4.78, 5) is 41.5. The number of H-pyrrole nitrogens is 2. The predicted molar refractivity (Wildman–Crippen MR) is 109 cm³/mol. The number of hydrogen-bond acceptors (Lipinski definition) is 5. The van der Waals surface area contributed by atoms with Crippen LogP contribution in [0.2, 0.25) is 5.15 Å². The smallest absolute Gasteiger partial charge is 0.343 e. The lowest BCUT2D eigenvalue weighted by molar-refractivity contribution is -0.123. The minimum atomic E-state index is -1.06. The molecule has 1 aromatic carbocycles. The van der Waals surface area contributed by atoms with E-state index in [0.29, 0.717) is 34.9 Å². The monoisotopic (exact) mass is 419 g/mol. The van der Waals surface area contributed by atoms with Crippen LogP contribution in [0.5, 0.6) is 0 Å². The molecule has 3 aromatic rings. The Hall–Kier alpha value is -3.07. The van der Waals surface area contributed by atoms with Crippen molar-refractivity contribution in [1.82, 2.24) is 19.7 Å². The molecule has 1 atom stereocenters. The number of aromatic nitrogens is 4. The fourth-order valence-electron chi connectivity index (χ4n) is 2.88. The number of nitrogens with one attached hydrogen (secondary N) is 3. The molecule has 1 amide bonds. The Bertz CT molecular complexity index is 1130. The topological polar surface area (TPSA) is 122 Å². The Labute approximate surface area is 171 Å². The summed E-state index contributed by atoms with van der Waals surface area (Å²) >= 11 is 6.29. The number of benzene rings is 1. The number of fused-ring (bicyclic) bond motifs is 1. The van der Waals surface area contributed by atoms with Gasteiger partial charge in [-0.3, -0.25) is 9.48 Å². The van der Waals surface area contributed by atoms with Gasteiger partial charge in [-0.1, -0.05) is 25.4 Å². The number of carbonyl (C=O) groups excluding carboxylic acids is 2. The van der Waals surface area contributed by atoms with Gasteiger partial charge in [0.25, 0.3) is 5.91 Å². The number of imidazole rings is 1. The van der Waals surface area contributed by atoms with Gasteiger partial charge in [-0.05, 0) is 38.0 Å². The van der Waals surface area contributed by atoms with Crippen LogP contribution in [0.4, 0.5) is 5.69 Å². The van der Waals surface area contributed by atoms with Crippen LogP contribution in [0.3, 0.4) is 0 Å². The molecule has 0 bridgehead atoms. The summed E-state index contributed by atoms with van der Waals surface area (Å²) in [6.07, 6.45) is -1.06. The standard InChI is InChI=1S/C19H22ClN5O4/c1-9(2)8-25-16(20)15(10(3)24-25)18(27)29-11(4)17(26)21-12-5-6-13-14(7-12)23-19(28)22-13/h5-7,9,11H,8H2,1-4H3,(H,21,26)(H2,22,23,28)/t11-/m1/s1. The third kappa shape index (κ3) is 4.51. The van der Waals surface area contributed by atoms with Gasteiger partial charge < -0.3 is 20.0 Å². The van der Waals surface area contributed by atoms with Crippen LogP contribution in [0.25, 0.3) is 11.0 Å². The number of anilines is 1. The van der Waals surface area contributed by atoms with Gasteiger partial charge in [-0.2, -0.15) is 5.10 Å². The second-order valence-corrected chi connectivity index (χ2v) is 7.56. The van der Waals surface area contributed by atoms with Gasteiger partial charge >= 0.3 is 11.7 Å². The minimum absolute atomic E-state index is 0.151. The summed E-state index contributed by atoms with van der Waals surface area (Å²) in [5, 5.41) is 7.12. The maximum Gasteiger partial charge on any atom is 0.343 e. The number of hydrogen-bond donors (Lipinski definition) is 3. The van der Waals surface area contributed by atoms with Gasteiger partial charge in [-0.15, -0.1) is 0 Å². The Balaban J connectivity index is 1.69. The third-order valence-corrected chi connectivity index (χ3v) is 4.63. The molecule has 0 aliphatic carbocycles. The van der Waals surface area contributed by atoms with Gasteiger partial charge in [0.1, 0.15) is 10.7 Å². The quantitative estimate of drug-likeness (QED) is 0.530. The zero-order chi connectivity index (χ0) is 21.3. The maximum absolute atomic E-state index is 12.5. The van der Waals surface area contributed by atoms with E-state index in [1.54, 1.807) is 29.8 Å². The number of rotatable bonds is 6. The average molecular weight is 420 g/mol. The lowest BCUT2D eigenvalue weighted by Gasteiger charge is -2.13. The molecule has 3 rings (SSSR count). The summed E-state index contributed by atoms with van der Waals surface area (Å²) in [6, 6.07) is 4.90. The third-order valence-electron chi connectivity index (χ3n) is 4.24. The average Bonchev–Trinajstić information content (AvgIpc) is 3.12. The van der Waals surface area contributed by atoms with Gasteiger partial charge in [0, 0.05) is 12.2 Å². The molecule has 29 heavy (non-hydrogen) atoms. The van der Waals surface area contributed by atoms with E-state index >= 15 is 0 Å². The van der Waals surface area contributed by atoms with Crippen LogP contribution < -0.4 is 11.0 Å². The maximum atomic E-state index is 12.5. The van der Waals surface area contributed by atoms with Crippen molar-refractivity contribution >= 4 is 40.2 Å². The first-order chi connectivity index (χ1) is 13.7. The van der Waals surface area contributed by atoms with Crippen molar-refractivity contribution in [2.45, 2.75) is 40.3 Å². The molecule has 10 heteroatoms. The van der Waals surface area contributed by atoms with Gasteiger partial charge in [-0.25, -0.2) is 9.59 Å². The number of esters is 1. The first kappa shape index (κ1) is 20.7. The minimum Gasteiger partial charge on any atom is -0.449 e. The molecule has 2 heterocycles. The molecule has 0 saturated heterocycles. The van der Waals surface area contributed by atoms with Crippen molar-refractivity contribution < 1.29 is 14.3 Å². The lowest BCUT2D eigenvalue weighted by Crippen LogP contribution is -2.30. The van der Waals surface area contributed by atoms with Gasteiger partial charge in [0.15, 0.2) is 6.10 Å². The van der Waals surface area contributed by atoms with Crippen molar-refractivity contribution in [1.29, 1.82) is 0 Å². The number of aromatic amines is 2. The molecule has 0 aliphatic heterocycles. The zero-order valence-electron chi connectivity index (χ0n) is 16.5. The fourth-order valence-corrected chi connectivity index (χ4v) is 3.20. The SMILES string of the molecule is Cc1nn(CC(C)C)c(Cl)c1C(=O)O[C@H](C)C(=O)Nc1ccc2[nH]c(=O)[nH]c2c1. The number of ether oxygens (including phenoxy) is 1. The van der Waals surface area contributed by atoms with Gasteiger partial charge in [0.2, 0.25) is 0 Å². The predicted octanol–water partition coefficient (Wildman–Crippen LogP) is 2.85. The molecule has 9 nitrogen and oxygen atoms in total. The summed E-state index contributed by atoms with van der Waals surface area (Å²) in [5.41, 5.74) is 1.89. The number of aryl methyl sites for hydroxylation is 1. The van der Waals surface area contributed by atoms with Crippen molar-refractivity contribution in [2.24, 2.45) is 5.92 Å². The van der Waals surface area contributed by atoms with E-state index in [2.05, 4.69) is 20.4 Å². The van der Waals surface area contributed by atoms with E-state index in [-0.39, 0.29) is 16.4 Å². The molecule has 0 fully saturated rings. The highest BCUT2D eigenvalue weighted by molar-refractivity contribution is 6.32. The lowest BCUT2D eigenvalue weighted by atomic mass is 10.2. The molecule has 0 saturated carbocycles. The first-order valence-corrected chi connectivity index (χ1v) is 9.50. The molecule has 0 radical (unpaired) electrons. The Morgan fingerprint density at radius 1 is 1.24 bits per heavy atom. The second-order valence-electron chi connectivity index (χ2n) is 7.20. The van der Waals surface area contributed by atoms with Crippen molar-refractivity contribution in [3.05, 3.63) is 45.1 Å². The van der Waals surface area contributed by atoms with E-state index in [0.717, 1.165) is 0 Å². The summed E-state index contributed by atoms with van der Waals surface area (Å²) < 4.78 is 6.84. The Kier molecular flexibility index (Phi) is 5.78. The van der Waals surface area contributed by atoms with Crippen molar-refractivity contribution in [3.63, 3.8) is 0 Å². The highest BCUT2D eigenvalue weighted by Crippen LogP contribution is 2.22. The molecule has 154 valence electrons. The molecular weight excluding hydrogens is 398 g/mol. The number of carbonyl (C=O) groups is 2. The van der Waals surface area contributed by atoms with Crippen LogP contribution >= 0.6 is 11.6 Å². The van der Waals surface area contributed by atoms with E-state index in [9.17, 15) is 14.4 Å². The van der Waals surface area contributed by atoms with Gasteiger partial charge in [0.05, 0.1) is 16.7 Å². The zero-order valence-corrected chi connectivity index (χ0v) is 17.3. The number of nitrogens with zero attached hydrogens (tertiary/aromatic N) is 2. The normalized spacial score (nSPS) is 12.3. The second kappa shape index (κ2) is 8.12. The molecule has 0 unspecified atom stereocenters. The summed E-state index contributed by atoms with van der Waals surface area (Å²) in [7, 11) is 0. The van der Waals surface area contributed by atoms with E-state index < -0.39 is 18.0 Å². The Morgan fingerprint density at radius 3 is 2.62 bits per heavy atom. The molecule has 0 aliphatic rings. The largest absolute Gasteiger partial charge is 0.449 e. The first-order valence-electron chi connectivity index (χ1n) is 9.12. The fraction of sp³-hybridized carbons (Fsp3) is 0.368. The van der Waals surface area contributed by atoms with E-state index in [4.69, 9.17) is 16.3 Å². The van der Waals surface area contributed by atoms with Crippen LogP contribution in [-0.2, 0) is 16.1 Å². The molecular formula is C19H22ClN5O4. The Morgan fingerprint density at radius 2 is 1.93 bits per heavy atom.